The summed E-state index contributed by atoms with van der Waals surface area (Å²) in [6.45, 7) is 14.3. The number of carbonyl (C=O) groups excluding carboxylic acids is 4. The SMILES string of the molecule is CCC(C)CCCCCCCCCCCCCCCCCCCCC(=O)OC[C@H](COP(=O)(O)OCC(O)COP(=O)(O)OC[C@@H](COC(=O)CCCCCCCCCC(C)C)OC(=O)CCCCCCCCCCCCCCCCC(C)CC)OC(=O)CCCCCCCCC(C)CC. The Morgan fingerprint density at radius 1 is 0.280 bits per heavy atom. The van der Waals surface area contributed by atoms with Gasteiger partial charge in [-0.2, -0.15) is 0 Å². The Morgan fingerprint density at radius 3 is 0.710 bits per heavy atom. The first-order chi connectivity index (χ1) is 48.2. The van der Waals surface area contributed by atoms with Gasteiger partial charge in [-0.3, -0.25) is 37.3 Å². The lowest BCUT2D eigenvalue weighted by molar-refractivity contribution is -0.161. The van der Waals surface area contributed by atoms with Crippen LogP contribution in [0.2, 0.25) is 0 Å². The molecule has 0 aliphatic rings. The van der Waals surface area contributed by atoms with Crippen LogP contribution in [0.15, 0.2) is 0 Å². The maximum Gasteiger partial charge on any atom is 0.472 e. The fraction of sp³-hybridized carbons (Fsp3) is 0.951. The summed E-state index contributed by atoms with van der Waals surface area (Å²) in [5, 5.41) is 10.6. The van der Waals surface area contributed by atoms with E-state index in [9.17, 15) is 43.2 Å². The second-order valence-corrected chi connectivity index (χ2v) is 33.3. The average Bonchev–Trinajstić information content (AvgIpc) is 1.07. The molecule has 0 aromatic rings. The first kappa shape index (κ1) is 98.1. The molecule has 6 unspecified atom stereocenters. The molecule has 0 aromatic heterocycles. The third-order valence-corrected chi connectivity index (χ3v) is 21.8. The maximum atomic E-state index is 13.1. The summed E-state index contributed by atoms with van der Waals surface area (Å²) < 4.78 is 68.6. The quantitative estimate of drug-likeness (QED) is 0.0222. The van der Waals surface area contributed by atoms with Crippen molar-refractivity contribution in [1.29, 1.82) is 0 Å². The number of phosphoric acid groups is 2. The molecule has 0 fully saturated rings. The Morgan fingerprint density at radius 2 is 0.480 bits per heavy atom. The van der Waals surface area contributed by atoms with Crippen LogP contribution in [0, 0.1) is 23.7 Å². The number of hydrogen-bond acceptors (Lipinski definition) is 15. The van der Waals surface area contributed by atoms with Crippen LogP contribution in [0.25, 0.3) is 0 Å². The molecular weight excluding hydrogens is 1310 g/mol. The Labute approximate surface area is 613 Å². The first-order valence-electron chi connectivity index (χ1n) is 41.8. The fourth-order valence-corrected chi connectivity index (χ4v) is 13.9. The number of unbranched alkanes of at least 4 members (excludes halogenated alkanes) is 41. The van der Waals surface area contributed by atoms with Gasteiger partial charge in [-0.1, -0.05) is 364 Å². The van der Waals surface area contributed by atoms with Gasteiger partial charge in [0.1, 0.15) is 19.3 Å². The molecule has 17 nitrogen and oxygen atoms in total. The predicted octanol–water partition coefficient (Wildman–Crippen LogP) is 24.0. The molecule has 0 bridgehead atoms. The van der Waals surface area contributed by atoms with E-state index >= 15 is 0 Å². The van der Waals surface area contributed by atoms with Crippen molar-refractivity contribution in [2.24, 2.45) is 23.7 Å². The van der Waals surface area contributed by atoms with Gasteiger partial charge in [0.2, 0.25) is 0 Å². The zero-order valence-electron chi connectivity index (χ0n) is 65.8. The van der Waals surface area contributed by atoms with Crippen LogP contribution < -0.4 is 0 Å². The summed E-state index contributed by atoms with van der Waals surface area (Å²) in [5.74, 6) is 1.03. The van der Waals surface area contributed by atoms with Crippen LogP contribution in [-0.4, -0.2) is 96.7 Å². The van der Waals surface area contributed by atoms with Crippen LogP contribution >= 0.6 is 15.6 Å². The van der Waals surface area contributed by atoms with Gasteiger partial charge in [0, 0.05) is 25.7 Å². The molecule has 0 aliphatic heterocycles. The summed E-state index contributed by atoms with van der Waals surface area (Å²) in [6, 6.07) is 0. The van der Waals surface area contributed by atoms with Gasteiger partial charge >= 0.3 is 39.5 Å². The van der Waals surface area contributed by atoms with Crippen molar-refractivity contribution in [2.45, 2.75) is 433 Å². The highest BCUT2D eigenvalue weighted by Gasteiger charge is 2.30. The molecule has 0 aromatic carbocycles. The van der Waals surface area contributed by atoms with Crippen LogP contribution in [0.4, 0.5) is 0 Å². The molecule has 0 saturated carbocycles. The highest BCUT2D eigenvalue weighted by atomic mass is 31.2. The average molecular weight is 1470 g/mol. The van der Waals surface area contributed by atoms with Gasteiger partial charge in [-0.25, -0.2) is 9.13 Å². The molecule has 8 atom stereocenters. The number of ether oxygens (including phenoxy) is 4. The predicted molar refractivity (Wildman–Crippen MR) is 409 cm³/mol. The fourth-order valence-electron chi connectivity index (χ4n) is 12.3. The van der Waals surface area contributed by atoms with E-state index in [4.69, 9.17) is 37.0 Å². The molecule has 0 radical (unpaired) electrons. The van der Waals surface area contributed by atoms with Crippen molar-refractivity contribution in [3.8, 4) is 0 Å². The minimum Gasteiger partial charge on any atom is -0.462 e. The van der Waals surface area contributed by atoms with Gasteiger partial charge in [-0.15, -0.1) is 0 Å². The van der Waals surface area contributed by atoms with Crippen molar-refractivity contribution < 1.29 is 80.2 Å². The van der Waals surface area contributed by atoms with Gasteiger partial charge in [0.25, 0.3) is 0 Å². The van der Waals surface area contributed by atoms with E-state index < -0.39 is 97.5 Å². The molecule has 0 aliphatic carbocycles. The lowest BCUT2D eigenvalue weighted by Gasteiger charge is -2.21. The summed E-state index contributed by atoms with van der Waals surface area (Å²) in [4.78, 5) is 72.9. The number of hydrogen-bond donors (Lipinski definition) is 3. The number of phosphoric ester groups is 2. The smallest absolute Gasteiger partial charge is 0.462 e. The Balaban J connectivity index is 5.13. The minimum atomic E-state index is -4.96. The first-order valence-corrected chi connectivity index (χ1v) is 44.8. The van der Waals surface area contributed by atoms with E-state index in [0.29, 0.717) is 31.6 Å². The summed E-state index contributed by atoms with van der Waals surface area (Å²) in [5.41, 5.74) is 0. The van der Waals surface area contributed by atoms with E-state index in [0.717, 1.165) is 114 Å². The van der Waals surface area contributed by atoms with Crippen LogP contribution in [0.3, 0.4) is 0 Å². The number of rotatable bonds is 78. The molecule has 19 heteroatoms. The van der Waals surface area contributed by atoms with E-state index in [2.05, 4.69) is 55.4 Å². The largest absolute Gasteiger partial charge is 0.472 e. The van der Waals surface area contributed by atoms with Gasteiger partial charge in [0.15, 0.2) is 12.2 Å². The van der Waals surface area contributed by atoms with Crippen molar-refractivity contribution in [3.63, 3.8) is 0 Å². The Bertz CT molecular complexity index is 1960. The van der Waals surface area contributed by atoms with Crippen molar-refractivity contribution in [2.75, 3.05) is 39.6 Å². The zero-order valence-corrected chi connectivity index (χ0v) is 67.6. The van der Waals surface area contributed by atoms with Crippen LogP contribution in [0.1, 0.15) is 415 Å². The molecule has 100 heavy (non-hydrogen) atoms. The van der Waals surface area contributed by atoms with E-state index in [1.807, 2.05) is 0 Å². The maximum absolute atomic E-state index is 13.1. The monoisotopic (exact) mass is 1470 g/mol. The minimum absolute atomic E-state index is 0.103. The van der Waals surface area contributed by atoms with E-state index in [-0.39, 0.29) is 25.7 Å². The van der Waals surface area contributed by atoms with Crippen LogP contribution in [0.5, 0.6) is 0 Å². The number of aliphatic hydroxyl groups excluding tert-OH is 1. The second-order valence-electron chi connectivity index (χ2n) is 30.4. The molecule has 0 saturated heterocycles. The molecule has 0 heterocycles. The van der Waals surface area contributed by atoms with Crippen molar-refractivity contribution in [3.05, 3.63) is 0 Å². The lowest BCUT2D eigenvalue weighted by atomic mass is 9.99. The third kappa shape index (κ3) is 70.4. The summed E-state index contributed by atoms with van der Waals surface area (Å²) in [7, 11) is -9.92. The number of aliphatic hydroxyl groups is 1. The summed E-state index contributed by atoms with van der Waals surface area (Å²) >= 11 is 0. The molecule has 0 rings (SSSR count). The normalized spacial score (nSPS) is 14.8. The van der Waals surface area contributed by atoms with E-state index in [1.165, 1.54) is 212 Å². The highest BCUT2D eigenvalue weighted by molar-refractivity contribution is 7.47. The third-order valence-electron chi connectivity index (χ3n) is 19.9. The Kier molecular flexibility index (Phi) is 68.7. The van der Waals surface area contributed by atoms with Gasteiger partial charge in [0.05, 0.1) is 26.4 Å². The van der Waals surface area contributed by atoms with E-state index in [1.54, 1.807) is 0 Å². The Hall–Kier alpha value is -1.94. The number of carbonyl (C=O) groups is 4. The number of esters is 4. The lowest BCUT2D eigenvalue weighted by Crippen LogP contribution is -2.30. The molecule has 594 valence electrons. The highest BCUT2D eigenvalue weighted by Crippen LogP contribution is 2.45. The van der Waals surface area contributed by atoms with Crippen LogP contribution in [-0.2, 0) is 65.4 Å². The second kappa shape index (κ2) is 70.1. The topological polar surface area (TPSA) is 237 Å². The zero-order chi connectivity index (χ0) is 73.8. The molecule has 3 N–H and O–H groups in total. The van der Waals surface area contributed by atoms with Crippen molar-refractivity contribution >= 4 is 39.5 Å². The molecule has 0 spiro atoms. The van der Waals surface area contributed by atoms with Gasteiger partial charge < -0.3 is 33.8 Å². The summed E-state index contributed by atoms with van der Waals surface area (Å²) in [6.07, 6.45) is 57.1. The van der Waals surface area contributed by atoms with Gasteiger partial charge in [-0.05, 0) is 49.4 Å². The molecular formula is C81H158O17P2. The van der Waals surface area contributed by atoms with Crippen molar-refractivity contribution in [1.82, 2.24) is 0 Å². The standard InChI is InChI=1S/C81H158O17P2/c1-9-72(6)58-50-42-34-28-24-20-16-14-12-13-15-17-22-26-30-36-45-53-61-78(83)91-68-77(98-81(86)64-56-48-40-39-44-52-60-74(8)11-3)70-96-100(89,90)94-66-75(82)65-93-99(87,88)95-69-76(67-92-79(84)62-54-46-38-32-33-41-49-57-71(4)5)97-80(85)63-55-47-37-31-27-23-19-18-21-25-29-35-43-51-59-73(7)10-2/h71-77,82H,9-70H2,1-8H3,(H,87,88)(H,89,90)/t72?,73?,74?,75?,76-,77-/m1/s1. The molecule has 0 amide bonds.